The molecule has 0 spiro atoms. The van der Waals surface area contributed by atoms with Crippen molar-refractivity contribution in [2.24, 2.45) is 5.41 Å². The SMILES string of the molecule is CCCn1ccc2cc(NC(=O)C(=O)NNC(=O)C(C)(C)C)ccc21. The monoisotopic (exact) mass is 344 g/mol. The van der Waals surface area contributed by atoms with E-state index in [0.717, 1.165) is 23.9 Å². The number of amides is 3. The van der Waals surface area contributed by atoms with Gasteiger partial charge in [0.15, 0.2) is 0 Å². The average Bonchev–Trinajstić information content (AvgIpc) is 2.94. The van der Waals surface area contributed by atoms with E-state index in [-0.39, 0.29) is 5.91 Å². The Hall–Kier alpha value is -2.83. The average molecular weight is 344 g/mol. The fourth-order valence-electron chi connectivity index (χ4n) is 2.26. The van der Waals surface area contributed by atoms with Crippen molar-refractivity contribution in [2.45, 2.75) is 40.7 Å². The van der Waals surface area contributed by atoms with Gasteiger partial charge in [-0.05, 0) is 30.7 Å². The first-order valence-corrected chi connectivity index (χ1v) is 8.23. The van der Waals surface area contributed by atoms with E-state index in [4.69, 9.17) is 0 Å². The highest BCUT2D eigenvalue weighted by Gasteiger charge is 2.23. The van der Waals surface area contributed by atoms with Crippen LogP contribution in [0, 0.1) is 5.41 Å². The van der Waals surface area contributed by atoms with Gasteiger partial charge < -0.3 is 9.88 Å². The molecule has 1 heterocycles. The third kappa shape index (κ3) is 4.59. The van der Waals surface area contributed by atoms with Crippen molar-refractivity contribution < 1.29 is 14.4 Å². The number of nitrogens with zero attached hydrogens (tertiary/aromatic N) is 1. The molecule has 7 heteroatoms. The minimum atomic E-state index is -0.929. The summed E-state index contributed by atoms with van der Waals surface area (Å²) in [6, 6.07) is 7.41. The van der Waals surface area contributed by atoms with Crippen LogP contribution in [0.3, 0.4) is 0 Å². The molecule has 2 rings (SSSR count). The van der Waals surface area contributed by atoms with Crippen LogP contribution < -0.4 is 16.2 Å². The van der Waals surface area contributed by atoms with Crippen LogP contribution in [0.1, 0.15) is 34.1 Å². The molecular formula is C18H24N4O3. The van der Waals surface area contributed by atoms with Crippen molar-refractivity contribution in [3.63, 3.8) is 0 Å². The quantitative estimate of drug-likeness (QED) is 0.589. The van der Waals surface area contributed by atoms with Gasteiger partial charge in [-0.25, -0.2) is 0 Å². The van der Waals surface area contributed by atoms with E-state index in [1.165, 1.54) is 0 Å². The van der Waals surface area contributed by atoms with Gasteiger partial charge in [-0.15, -0.1) is 0 Å². The molecule has 0 atom stereocenters. The minimum Gasteiger partial charge on any atom is -0.347 e. The predicted octanol–water partition coefficient (Wildman–Crippen LogP) is 2.18. The molecule has 0 unspecified atom stereocenters. The molecule has 0 radical (unpaired) electrons. The van der Waals surface area contributed by atoms with Crippen molar-refractivity contribution in [3.8, 4) is 0 Å². The maximum Gasteiger partial charge on any atom is 0.328 e. The zero-order valence-corrected chi connectivity index (χ0v) is 15.0. The van der Waals surface area contributed by atoms with Gasteiger partial charge in [0.1, 0.15) is 0 Å². The number of fused-ring (bicyclic) bond motifs is 1. The number of hydrogen-bond acceptors (Lipinski definition) is 3. The van der Waals surface area contributed by atoms with Crippen LogP contribution in [0.15, 0.2) is 30.5 Å². The molecule has 0 aliphatic heterocycles. The number of benzene rings is 1. The lowest BCUT2D eigenvalue weighted by Crippen LogP contribution is -2.50. The molecule has 2 aromatic rings. The van der Waals surface area contributed by atoms with Gasteiger partial charge in [0.2, 0.25) is 5.91 Å². The van der Waals surface area contributed by atoms with Gasteiger partial charge in [0, 0.05) is 34.7 Å². The molecule has 0 bridgehead atoms. The van der Waals surface area contributed by atoms with Gasteiger partial charge in [0.05, 0.1) is 0 Å². The number of hydrogen-bond donors (Lipinski definition) is 3. The first-order chi connectivity index (χ1) is 11.7. The van der Waals surface area contributed by atoms with Crippen molar-refractivity contribution in [1.29, 1.82) is 0 Å². The van der Waals surface area contributed by atoms with Crippen molar-refractivity contribution in [2.75, 3.05) is 5.32 Å². The van der Waals surface area contributed by atoms with E-state index in [1.54, 1.807) is 32.9 Å². The van der Waals surface area contributed by atoms with Crippen LogP contribution in [-0.4, -0.2) is 22.3 Å². The normalized spacial score (nSPS) is 11.2. The Bertz CT molecular complexity index is 802. The van der Waals surface area contributed by atoms with Crippen LogP contribution in [0.5, 0.6) is 0 Å². The van der Waals surface area contributed by atoms with E-state index >= 15 is 0 Å². The molecule has 0 fully saturated rings. The molecule has 3 amide bonds. The predicted molar refractivity (Wildman–Crippen MR) is 96.6 cm³/mol. The lowest BCUT2D eigenvalue weighted by molar-refractivity contribution is -0.139. The zero-order chi connectivity index (χ0) is 18.6. The Morgan fingerprint density at radius 2 is 1.76 bits per heavy atom. The summed E-state index contributed by atoms with van der Waals surface area (Å²) in [5, 5.41) is 3.51. The van der Waals surface area contributed by atoms with Crippen LogP contribution >= 0.6 is 0 Å². The summed E-state index contributed by atoms with van der Waals surface area (Å²) in [5.74, 6) is -2.16. The number of carbonyl (C=O) groups excluding carboxylic acids is 3. The first-order valence-electron chi connectivity index (χ1n) is 8.23. The summed E-state index contributed by atoms with van der Waals surface area (Å²) >= 11 is 0. The molecule has 7 nitrogen and oxygen atoms in total. The minimum absolute atomic E-state index is 0.382. The summed E-state index contributed by atoms with van der Waals surface area (Å²) in [5.41, 5.74) is 5.27. The van der Waals surface area contributed by atoms with E-state index in [1.807, 2.05) is 18.3 Å². The molecule has 134 valence electrons. The number of carbonyl (C=O) groups is 3. The second kappa shape index (κ2) is 7.38. The fraction of sp³-hybridized carbons (Fsp3) is 0.389. The van der Waals surface area contributed by atoms with Gasteiger partial charge in [0.25, 0.3) is 0 Å². The third-order valence-corrected chi connectivity index (χ3v) is 3.67. The molecule has 0 aliphatic carbocycles. The third-order valence-electron chi connectivity index (χ3n) is 3.67. The molecule has 1 aromatic carbocycles. The number of aromatic nitrogens is 1. The molecule has 3 N–H and O–H groups in total. The second-order valence-corrected chi connectivity index (χ2v) is 6.90. The Morgan fingerprint density at radius 1 is 1.04 bits per heavy atom. The number of aryl methyl sites for hydroxylation is 1. The summed E-state index contributed by atoms with van der Waals surface area (Å²) in [6.45, 7) is 8.14. The largest absolute Gasteiger partial charge is 0.347 e. The molecule has 1 aromatic heterocycles. The smallest absolute Gasteiger partial charge is 0.328 e. The summed E-state index contributed by atoms with van der Waals surface area (Å²) < 4.78 is 2.13. The van der Waals surface area contributed by atoms with Crippen LogP contribution in [-0.2, 0) is 20.9 Å². The molecule has 25 heavy (non-hydrogen) atoms. The second-order valence-electron chi connectivity index (χ2n) is 6.90. The van der Waals surface area contributed by atoms with Crippen molar-refractivity contribution >= 4 is 34.3 Å². The highest BCUT2D eigenvalue weighted by Crippen LogP contribution is 2.21. The molecule has 0 saturated heterocycles. The van der Waals surface area contributed by atoms with Crippen molar-refractivity contribution in [3.05, 3.63) is 30.5 Å². The number of hydrazine groups is 1. The van der Waals surface area contributed by atoms with Gasteiger partial charge in [-0.3, -0.25) is 25.2 Å². The van der Waals surface area contributed by atoms with E-state index in [0.29, 0.717) is 5.69 Å². The first kappa shape index (κ1) is 18.5. The van der Waals surface area contributed by atoms with Crippen LogP contribution in [0.2, 0.25) is 0 Å². The standard InChI is InChI=1S/C18H24N4O3/c1-5-9-22-10-8-12-11-13(6-7-14(12)22)19-15(23)16(24)20-21-17(25)18(2,3)4/h6-8,10-11H,5,9H2,1-4H3,(H,19,23)(H,20,24)(H,21,25). The number of nitrogens with one attached hydrogen (secondary N) is 3. The molecule has 0 saturated carbocycles. The summed E-state index contributed by atoms with van der Waals surface area (Å²) in [7, 11) is 0. The topological polar surface area (TPSA) is 92.2 Å². The molecular weight excluding hydrogens is 320 g/mol. The van der Waals surface area contributed by atoms with Crippen molar-refractivity contribution in [1.82, 2.24) is 15.4 Å². The van der Waals surface area contributed by atoms with E-state index in [9.17, 15) is 14.4 Å². The highest BCUT2D eigenvalue weighted by atomic mass is 16.2. The Kier molecular flexibility index (Phi) is 5.46. The van der Waals surface area contributed by atoms with Gasteiger partial charge >= 0.3 is 11.8 Å². The Balaban J connectivity index is 1.99. The van der Waals surface area contributed by atoms with E-state index < -0.39 is 17.2 Å². The maximum absolute atomic E-state index is 11.9. The maximum atomic E-state index is 11.9. The lowest BCUT2D eigenvalue weighted by atomic mass is 9.96. The summed E-state index contributed by atoms with van der Waals surface area (Å²) in [4.78, 5) is 35.4. The van der Waals surface area contributed by atoms with Gasteiger partial charge in [-0.2, -0.15) is 0 Å². The van der Waals surface area contributed by atoms with Crippen LogP contribution in [0.4, 0.5) is 5.69 Å². The fourth-order valence-corrected chi connectivity index (χ4v) is 2.26. The Morgan fingerprint density at radius 3 is 2.40 bits per heavy atom. The van der Waals surface area contributed by atoms with Crippen LogP contribution in [0.25, 0.3) is 10.9 Å². The highest BCUT2D eigenvalue weighted by molar-refractivity contribution is 6.39. The lowest BCUT2D eigenvalue weighted by Gasteiger charge is -2.17. The number of anilines is 1. The number of rotatable bonds is 3. The van der Waals surface area contributed by atoms with Gasteiger partial charge in [-0.1, -0.05) is 27.7 Å². The summed E-state index contributed by atoms with van der Waals surface area (Å²) in [6.07, 6.45) is 3.03. The molecule has 0 aliphatic rings. The van der Waals surface area contributed by atoms with E-state index in [2.05, 4.69) is 27.7 Å². The Labute approximate surface area is 146 Å². The zero-order valence-electron chi connectivity index (χ0n) is 15.0.